The Hall–Kier alpha value is -2.18. The minimum atomic E-state index is -0.521. The van der Waals surface area contributed by atoms with Crippen LogP contribution in [0.2, 0.25) is 5.02 Å². The van der Waals surface area contributed by atoms with Crippen molar-refractivity contribution in [2.24, 2.45) is 5.73 Å². The van der Waals surface area contributed by atoms with Gasteiger partial charge in [-0.05, 0) is 5.56 Å². The van der Waals surface area contributed by atoms with Gasteiger partial charge in [-0.2, -0.15) is 0 Å². The topological polar surface area (TPSA) is 85.3 Å². The largest absolute Gasteiger partial charge is 0.350 e. The highest BCUT2D eigenvalue weighted by Gasteiger charge is 2.16. The van der Waals surface area contributed by atoms with E-state index in [-0.39, 0.29) is 10.7 Å². The molecule has 0 spiro atoms. The molecule has 0 saturated heterocycles. The van der Waals surface area contributed by atoms with Gasteiger partial charge in [0.05, 0.1) is 9.95 Å². The number of aromatic nitrogens is 1. The minimum Gasteiger partial charge on any atom is -0.350 e. The maximum Gasteiger partial charge on any atom is 0.289 e. The lowest BCUT2D eigenvalue weighted by molar-refractivity contribution is -0.385. The van der Waals surface area contributed by atoms with Gasteiger partial charge >= 0.3 is 0 Å². The Morgan fingerprint density at radius 3 is 2.62 bits per heavy atom. The first kappa shape index (κ1) is 15.2. The first-order valence-corrected chi connectivity index (χ1v) is 6.78. The van der Waals surface area contributed by atoms with Gasteiger partial charge in [0.1, 0.15) is 12.0 Å². The zero-order chi connectivity index (χ0) is 15.2. The van der Waals surface area contributed by atoms with Crippen molar-refractivity contribution in [2.75, 3.05) is 18.0 Å². The number of nitrogens with two attached hydrogens (primary N) is 1. The maximum absolute atomic E-state index is 10.7. The van der Waals surface area contributed by atoms with Crippen LogP contribution in [0.3, 0.4) is 0 Å². The van der Waals surface area contributed by atoms with Crippen LogP contribution in [-0.2, 0) is 6.54 Å². The molecule has 0 atom stereocenters. The molecule has 0 amide bonds. The molecule has 21 heavy (non-hydrogen) atoms. The Kier molecular flexibility index (Phi) is 5.08. The van der Waals surface area contributed by atoms with Gasteiger partial charge in [-0.1, -0.05) is 41.9 Å². The van der Waals surface area contributed by atoms with E-state index < -0.39 is 4.92 Å². The van der Waals surface area contributed by atoms with E-state index in [2.05, 4.69) is 4.98 Å². The first-order chi connectivity index (χ1) is 10.1. The SMILES string of the molecule is NCCN(Cc1ccccc1)c1ncc([N+](=O)[O-])cc1Cl. The third kappa shape index (κ3) is 3.90. The van der Waals surface area contributed by atoms with Crippen LogP contribution in [0.15, 0.2) is 42.6 Å². The summed E-state index contributed by atoms with van der Waals surface area (Å²) in [6.45, 7) is 1.57. The molecule has 2 N–H and O–H groups in total. The van der Waals surface area contributed by atoms with Crippen LogP contribution in [0, 0.1) is 10.1 Å². The Morgan fingerprint density at radius 2 is 2.05 bits per heavy atom. The number of nitro groups is 1. The smallest absolute Gasteiger partial charge is 0.289 e. The molecule has 110 valence electrons. The summed E-state index contributed by atoms with van der Waals surface area (Å²) in [5, 5.41) is 11.0. The van der Waals surface area contributed by atoms with Crippen molar-refractivity contribution < 1.29 is 4.92 Å². The molecule has 1 aromatic carbocycles. The van der Waals surface area contributed by atoms with Crippen molar-refractivity contribution in [3.05, 3.63) is 63.3 Å². The van der Waals surface area contributed by atoms with Gasteiger partial charge in [-0.25, -0.2) is 4.98 Å². The Morgan fingerprint density at radius 1 is 1.33 bits per heavy atom. The Balaban J connectivity index is 2.27. The second-order valence-corrected chi connectivity index (χ2v) is 4.86. The molecule has 1 aromatic heterocycles. The van der Waals surface area contributed by atoms with Gasteiger partial charge < -0.3 is 10.6 Å². The van der Waals surface area contributed by atoms with E-state index in [4.69, 9.17) is 17.3 Å². The fourth-order valence-corrected chi connectivity index (χ4v) is 2.25. The molecule has 6 nitrogen and oxygen atoms in total. The molecule has 0 radical (unpaired) electrons. The number of benzene rings is 1. The van der Waals surface area contributed by atoms with Gasteiger partial charge in [0.15, 0.2) is 0 Å². The van der Waals surface area contributed by atoms with Gasteiger partial charge in [0.25, 0.3) is 5.69 Å². The lowest BCUT2D eigenvalue weighted by Gasteiger charge is -2.24. The van der Waals surface area contributed by atoms with Gasteiger partial charge in [0.2, 0.25) is 0 Å². The van der Waals surface area contributed by atoms with E-state index in [1.54, 1.807) is 0 Å². The number of anilines is 1. The van der Waals surface area contributed by atoms with Crippen LogP contribution in [0.4, 0.5) is 11.5 Å². The van der Waals surface area contributed by atoms with Crippen LogP contribution >= 0.6 is 11.6 Å². The van der Waals surface area contributed by atoms with Crippen LogP contribution in [-0.4, -0.2) is 23.0 Å². The van der Waals surface area contributed by atoms with E-state index >= 15 is 0 Å². The fraction of sp³-hybridized carbons (Fsp3) is 0.214. The molecular formula is C14H15ClN4O2. The maximum atomic E-state index is 10.7. The summed E-state index contributed by atoms with van der Waals surface area (Å²) in [6, 6.07) is 11.1. The molecule has 2 aromatic rings. The molecule has 0 aliphatic carbocycles. The van der Waals surface area contributed by atoms with Crippen molar-refractivity contribution in [1.82, 2.24) is 4.98 Å². The van der Waals surface area contributed by atoms with E-state index in [1.807, 2.05) is 35.2 Å². The Labute approximate surface area is 127 Å². The predicted octanol–water partition coefficient (Wildman–Crippen LogP) is 2.61. The standard InChI is InChI=1S/C14H15ClN4O2/c15-13-8-12(19(20)21)9-17-14(13)18(7-6-16)10-11-4-2-1-3-5-11/h1-5,8-9H,6-7,10,16H2. The van der Waals surface area contributed by atoms with Crippen molar-refractivity contribution in [1.29, 1.82) is 0 Å². The first-order valence-electron chi connectivity index (χ1n) is 6.40. The third-order valence-electron chi connectivity index (χ3n) is 2.93. The number of nitrogens with zero attached hydrogens (tertiary/aromatic N) is 3. The summed E-state index contributed by atoms with van der Waals surface area (Å²) in [4.78, 5) is 16.2. The summed E-state index contributed by atoms with van der Waals surface area (Å²) in [5.41, 5.74) is 6.58. The average molecular weight is 307 g/mol. The summed E-state index contributed by atoms with van der Waals surface area (Å²) in [7, 11) is 0. The molecular weight excluding hydrogens is 292 g/mol. The lowest BCUT2D eigenvalue weighted by Crippen LogP contribution is -2.29. The van der Waals surface area contributed by atoms with Gasteiger partial charge in [-0.15, -0.1) is 0 Å². The molecule has 1 heterocycles. The van der Waals surface area contributed by atoms with Gasteiger partial charge in [-0.3, -0.25) is 10.1 Å². The van der Waals surface area contributed by atoms with E-state index in [0.29, 0.717) is 25.5 Å². The van der Waals surface area contributed by atoms with Crippen molar-refractivity contribution in [3.63, 3.8) is 0 Å². The number of pyridine rings is 1. The minimum absolute atomic E-state index is 0.129. The molecule has 0 saturated carbocycles. The quantitative estimate of drug-likeness (QED) is 0.655. The zero-order valence-electron chi connectivity index (χ0n) is 11.3. The molecule has 0 fully saturated rings. The summed E-state index contributed by atoms with van der Waals surface area (Å²) in [5.74, 6) is 0.497. The van der Waals surface area contributed by atoms with E-state index in [9.17, 15) is 10.1 Å². The van der Waals surface area contributed by atoms with Crippen molar-refractivity contribution in [3.8, 4) is 0 Å². The molecule has 0 unspecified atom stereocenters. The number of halogens is 1. The molecule has 0 bridgehead atoms. The molecule has 0 aliphatic rings. The van der Waals surface area contributed by atoms with E-state index in [1.165, 1.54) is 12.3 Å². The highest BCUT2D eigenvalue weighted by Crippen LogP contribution is 2.27. The lowest BCUT2D eigenvalue weighted by atomic mass is 10.2. The normalized spacial score (nSPS) is 10.4. The number of rotatable bonds is 6. The zero-order valence-corrected chi connectivity index (χ0v) is 12.0. The fourth-order valence-electron chi connectivity index (χ4n) is 1.97. The number of hydrogen-bond donors (Lipinski definition) is 1. The van der Waals surface area contributed by atoms with Crippen LogP contribution in [0.25, 0.3) is 0 Å². The van der Waals surface area contributed by atoms with Crippen LogP contribution in [0.1, 0.15) is 5.56 Å². The molecule has 0 aliphatic heterocycles. The Bertz CT molecular complexity index is 622. The second-order valence-electron chi connectivity index (χ2n) is 4.45. The number of hydrogen-bond acceptors (Lipinski definition) is 5. The predicted molar refractivity (Wildman–Crippen MR) is 82.4 cm³/mol. The van der Waals surface area contributed by atoms with Crippen molar-refractivity contribution >= 4 is 23.1 Å². The van der Waals surface area contributed by atoms with Crippen LogP contribution in [0.5, 0.6) is 0 Å². The van der Waals surface area contributed by atoms with Crippen molar-refractivity contribution in [2.45, 2.75) is 6.54 Å². The monoisotopic (exact) mass is 306 g/mol. The third-order valence-corrected chi connectivity index (χ3v) is 3.21. The summed E-state index contributed by atoms with van der Waals surface area (Å²) >= 11 is 6.12. The summed E-state index contributed by atoms with van der Waals surface area (Å²) < 4.78 is 0. The molecule has 7 heteroatoms. The van der Waals surface area contributed by atoms with Crippen LogP contribution < -0.4 is 10.6 Å². The van der Waals surface area contributed by atoms with E-state index in [0.717, 1.165) is 5.56 Å². The summed E-state index contributed by atoms with van der Waals surface area (Å²) in [6.07, 6.45) is 1.20. The second kappa shape index (κ2) is 7.01. The van der Waals surface area contributed by atoms with Gasteiger partial charge in [0, 0.05) is 25.7 Å². The highest BCUT2D eigenvalue weighted by molar-refractivity contribution is 6.33. The highest BCUT2D eigenvalue weighted by atomic mass is 35.5. The molecule has 2 rings (SSSR count). The average Bonchev–Trinajstić information content (AvgIpc) is 2.48.